The Morgan fingerprint density at radius 2 is 2.04 bits per heavy atom. The van der Waals surface area contributed by atoms with Crippen molar-refractivity contribution in [1.29, 1.82) is 0 Å². The summed E-state index contributed by atoms with van der Waals surface area (Å²) in [6.45, 7) is 4.85. The van der Waals surface area contributed by atoms with Gasteiger partial charge in [-0.15, -0.1) is 0 Å². The highest BCUT2D eigenvalue weighted by Gasteiger charge is 2.32. The zero-order chi connectivity index (χ0) is 19.4. The summed E-state index contributed by atoms with van der Waals surface area (Å²) >= 11 is 0. The Hall–Kier alpha value is -2.34. The van der Waals surface area contributed by atoms with Gasteiger partial charge in [0.05, 0.1) is 6.54 Å². The fourth-order valence-corrected chi connectivity index (χ4v) is 3.81. The number of carbonyl (C=O) groups is 1. The molecule has 0 radical (unpaired) electrons. The molecule has 0 aromatic heterocycles. The van der Waals surface area contributed by atoms with Crippen LogP contribution in [0.4, 0.5) is 0 Å². The van der Waals surface area contributed by atoms with E-state index in [0.29, 0.717) is 30.2 Å². The molecule has 1 N–H and O–H groups in total. The Balaban J connectivity index is 1.52. The van der Waals surface area contributed by atoms with Crippen molar-refractivity contribution in [2.45, 2.75) is 31.6 Å². The molecule has 3 rings (SSSR count). The molecule has 1 aliphatic heterocycles. The molecule has 5 nitrogen and oxygen atoms in total. The highest BCUT2D eigenvalue weighted by atomic mass is 32.2. The minimum atomic E-state index is -0.935. The predicted octanol–water partition coefficient (Wildman–Crippen LogP) is 3.09. The number of hydrogen-bond donors (Lipinski definition) is 1. The summed E-state index contributed by atoms with van der Waals surface area (Å²) < 4.78 is 23.1. The topological polar surface area (TPSA) is 64.6 Å². The van der Waals surface area contributed by atoms with E-state index in [1.54, 1.807) is 24.5 Å². The first-order valence-corrected chi connectivity index (χ1v) is 10.7. The Kier molecular flexibility index (Phi) is 5.85. The van der Waals surface area contributed by atoms with Crippen LogP contribution in [0, 0.1) is 0 Å². The molecule has 1 amide bonds. The number of benzene rings is 2. The standard InChI is InChI=1S/C21H25NO4S/c1-21(2)13-17-8-5-9-18(19(17)26-21)25-11-10-22-20(23)16-7-4-6-15(12-16)14-27(3)24/h4-9,12H,10-11,13-14H2,1-3H3,(H,22,23)/t27-/m0/s1. The van der Waals surface area contributed by atoms with Gasteiger partial charge in [-0.2, -0.15) is 0 Å². The van der Waals surface area contributed by atoms with Crippen molar-refractivity contribution in [3.05, 3.63) is 59.2 Å². The van der Waals surface area contributed by atoms with Crippen molar-refractivity contribution in [2.75, 3.05) is 19.4 Å². The van der Waals surface area contributed by atoms with Crippen LogP contribution >= 0.6 is 0 Å². The molecular formula is C21H25NO4S. The highest BCUT2D eigenvalue weighted by Crippen LogP contribution is 2.41. The molecule has 0 aliphatic carbocycles. The average molecular weight is 388 g/mol. The monoisotopic (exact) mass is 387 g/mol. The molecule has 6 heteroatoms. The summed E-state index contributed by atoms with van der Waals surface area (Å²) in [7, 11) is -0.935. The molecule has 1 heterocycles. The van der Waals surface area contributed by atoms with E-state index in [1.165, 1.54) is 0 Å². The summed E-state index contributed by atoms with van der Waals surface area (Å²) in [6, 6.07) is 13.1. The van der Waals surface area contributed by atoms with Gasteiger partial charge >= 0.3 is 0 Å². The van der Waals surface area contributed by atoms with Crippen molar-refractivity contribution in [1.82, 2.24) is 5.32 Å². The average Bonchev–Trinajstić information content (AvgIpc) is 2.92. The smallest absolute Gasteiger partial charge is 0.251 e. The number of fused-ring (bicyclic) bond motifs is 1. The van der Waals surface area contributed by atoms with Crippen molar-refractivity contribution >= 4 is 16.7 Å². The van der Waals surface area contributed by atoms with Crippen molar-refractivity contribution < 1.29 is 18.5 Å². The first-order chi connectivity index (χ1) is 12.8. The molecule has 27 heavy (non-hydrogen) atoms. The second-order valence-electron chi connectivity index (χ2n) is 7.31. The lowest BCUT2D eigenvalue weighted by Gasteiger charge is -2.18. The number of amides is 1. The van der Waals surface area contributed by atoms with Gasteiger partial charge in [0.1, 0.15) is 12.2 Å². The zero-order valence-electron chi connectivity index (χ0n) is 15.9. The molecule has 1 atom stereocenters. The van der Waals surface area contributed by atoms with Crippen molar-refractivity contribution in [3.63, 3.8) is 0 Å². The van der Waals surface area contributed by atoms with Gasteiger partial charge < -0.3 is 14.8 Å². The molecule has 0 unspecified atom stereocenters. The van der Waals surface area contributed by atoms with Gasteiger partial charge in [0.15, 0.2) is 11.5 Å². The summed E-state index contributed by atoms with van der Waals surface area (Å²) in [5.41, 5.74) is 2.37. The van der Waals surface area contributed by atoms with E-state index in [4.69, 9.17) is 9.47 Å². The Bertz CT molecular complexity index is 863. The second kappa shape index (κ2) is 8.13. The number of nitrogens with one attached hydrogen (secondary N) is 1. The summed E-state index contributed by atoms with van der Waals surface area (Å²) in [6.07, 6.45) is 2.50. The summed E-state index contributed by atoms with van der Waals surface area (Å²) in [5, 5.41) is 2.85. The van der Waals surface area contributed by atoms with E-state index in [2.05, 4.69) is 25.2 Å². The van der Waals surface area contributed by atoms with Gasteiger partial charge in [0, 0.05) is 40.4 Å². The van der Waals surface area contributed by atoms with Crippen LogP contribution in [-0.4, -0.2) is 35.1 Å². The van der Waals surface area contributed by atoms with Crippen molar-refractivity contribution in [3.8, 4) is 11.5 Å². The fraction of sp³-hybridized carbons (Fsp3) is 0.381. The molecule has 2 aromatic carbocycles. The minimum Gasteiger partial charge on any atom is -0.488 e. The van der Waals surface area contributed by atoms with E-state index in [1.807, 2.05) is 18.2 Å². The lowest BCUT2D eigenvalue weighted by Crippen LogP contribution is -2.28. The van der Waals surface area contributed by atoms with Gasteiger partial charge in [-0.25, -0.2) is 0 Å². The molecule has 2 aromatic rings. The summed E-state index contributed by atoms with van der Waals surface area (Å²) in [5.74, 6) is 1.78. The Labute approximate surface area is 162 Å². The zero-order valence-corrected chi connectivity index (χ0v) is 16.7. The quantitative estimate of drug-likeness (QED) is 0.742. The van der Waals surface area contributed by atoms with E-state index >= 15 is 0 Å². The normalized spacial score (nSPS) is 15.5. The molecule has 0 saturated carbocycles. The molecule has 0 bridgehead atoms. The van der Waals surface area contributed by atoms with Crippen LogP contribution in [-0.2, 0) is 23.0 Å². The number of hydrogen-bond acceptors (Lipinski definition) is 4. The minimum absolute atomic E-state index is 0.169. The molecule has 0 spiro atoms. The highest BCUT2D eigenvalue weighted by molar-refractivity contribution is 7.83. The SMILES string of the molecule is C[S@](=O)Cc1cccc(C(=O)NCCOc2cccc3c2OC(C)(C)C3)c1. The molecule has 144 valence electrons. The van der Waals surface area contributed by atoms with Crippen LogP contribution < -0.4 is 14.8 Å². The fourth-order valence-electron chi connectivity index (χ4n) is 3.17. The van der Waals surface area contributed by atoms with Gasteiger partial charge in [0.25, 0.3) is 5.91 Å². The maximum Gasteiger partial charge on any atom is 0.251 e. The van der Waals surface area contributed by atoms with E-state index in [9.17, 15) is 9.00 Å². The molecule has 0 saturated heterocycles. The number of ether oxygens (including phenoxy) is 2. The third-order valence-electron chi connectivity index (χ3n) is 4.26. The third-order valence-corrected chi connectivity index (χ3v) is 5.00. The van der Waals surface area contributed by atoms with Crippen LogP contribution in [0.1, 0.15) is 35.3 Å². The third kappa shape index (κ3) is 5.10. The maximum atomic E-state index is 12.3. The van der Waals surface area contributed by atoms with Crippen LogP contribution in [0.15, 0.2) is 42.5 Å². The Morgan fingerprint density at radius 1 is 1.26 bits per heavy atom. The largest absolute Gasteiger partial charge is 0.488 e. The number of rotatable bonds is 7. The van der Waals surface area contributed by atoms with Gasteiger partial charge in [0.2, 0.25) is 0 Å². The van der Waals surface area contributed by atoms with Gasteiger partial charge in [-0.1, -0.05) is 24.3 Å². The number of para-hydroxylation sites is 1. The van der Waals surface area contributed by atoms with E-state index < -0.39 is 10.8 Å². The molecule has 1 aliphatic rings. The Morgan fingerprint density at radius 3 is 2.81 bits per heavy atom. The van der Waals surface area contributed by atoms with E-state index in [-0.39, 0.29) is 11.5 Å². The second-order valence-corrected chi connectivity index (χ2v) is 8.74. The molecule has 0 fully saturated rings. The van der Waals surface area contributed by atoms with Crippen LogP contribution in [0.25, 0.3) is 0 Å². The van der Waals surface area contributed by atoms with Crippen LogP contribution in [0.2, 0.25) is 0 Å². The first kappa shape index (κ1) is 19.4. The van der Waals surface area contributed by atoms with Crippen molar-refractivity contribution in [2.24, 2.45) is 0 Å². The van der Waals surface area contributed by atoms with Crippen LogP contribution in [0.3, 0.4) is 0 Å². The summed E-state index contributed by atoms with van der Waals surface area (Å²) in [4.78, 5) is 12.3. The lowest BCUT2D eigenvalue weighted by atomic mass is 10.0. The predicted molar refractivity (Wildman–Crippen MR) is 107 cm³/mol. The van der Waals surface area contributed by atoms with Gasteiger partial charge in [-0.3, -0.25) is 9.00 Å². The van der Waals surface area contributed by atoms with Gasteiger partial charge in [-0.05, 0) is 37.6 Å². The number of carbonyl (C=O) groups excluding carboxylic acids is 1. The maximum absolute atomic E-state index is 12.3. The molecular weight excluding hydrogens is 362 g/mol. The lowest BCUT2D eigenvalue weighted by molar-refractivity contribution is 0.0946. The van der Waals surface area contributed by atoms with E-state index in [0.717, 1.165) is 23.3 Å². The van der Waals surface area contributed by atoms with Crippen LogP contribution in [0.5, 0.6) is 11.5 Å². The first-order valence-electron chi connectivity index (χ1n) is 8.95.